The lowest BCUT2D eigenvalue weighted by Gasteiger charge is -2.27. The highest BCUT2D eigenvalue weighted by Crippen LogP contribution is 2.46. The summed E-state index contributed by atoms with van der Waals surface area (Å²) in [5.41, 5.74) is 5.78. The summed E-state index contributed by atoms with van der Waals surface area (Å²) in [5, 5.41) is 3.74. The second kappa shape index (κ2) is 6.25. The molecular formula is C19H23NS. The SMILES string of the molecule is CCNC(c1cccc(C)c1C)C1CSc2ccccc21. The van der Waals surface area contributed by atoms with Crippen LogP contribution in [0.4, 0.5) is 0 Å². The predicted octanol–water partition coefficient (Wildman–Crippen LogP) is 4.84. The first-order valence-electron chi connectivity index (χ1n) is 7.73. The molecule has 2 unspecified atom stereocenters. The van der Waals surface area contributed by atoms with Gasteiger partial charge in [-0.25, -0.2) is 0 Å². The summed E-state index contributed by atoms with van der Waals surface area (Å²) in [6, 6.07) is 16.0. The summed E-state index contributed by atoms with van der Waals surface area (Å²) in [4.78, 5) is 1.45. The molecule has 1 nitrogen and oxygen atoms in total. The Morgan fingerprint density at radius 1 is 1.14 bits per heavy atom. The minimum atomic E-state index is 0.408. The molecule has 1 aliphatic rings. The molecule has 0 aliphatic carbocycles. The molecular weight excluding hydrogens is 274 g/mol. The number of thioether (sulfide) groups is 1. The standard InChI is InChI=1S/C19H23NS/c1-4-20-19(15-10-7-8-13(2)14(15)3)17-12-21-18-11-6-5-9-16(17)18/h5-11,17,19-20H,4,12H2,1-3H3. The van der Waals surface area contributed by atoms with E-state index >= 15 is 0 Å². The lowest BCUT2D eigenvalue weighted by Crippen LogP contribution is -2.28. The Morgan fingerprint density at radius 2 is 1.95 bits per heavy atom. The van der Waals surface area contributed by atoms with Crippen molar-refractivity contribution in [2.24, 2.45) is 0 Å². The molecule has 1 heterocycles. The van der Waals surface area contributed by atoms with E-state index in [9.17, 15) is 0 Å². The van der Waals surface area contributed by atoms with Gasteiger partial charge >= 0.3 is 0 Å². The van der Waals surface area contributed by atoms with Gasteiger partial charge in [0.1, 0.15) is 0 Å². The van der Waals surface area contributed by atoms with Crippen LogP contribution in [-0.4, -0.2) is 12.3 Å². The Morgan fingerprint density at radius 3 is 2.76 bits per heavy atom. The van der Waals surface area contributed by atoms with Crippen LogP contribution in [0.1, 0.15) is 41.1 Å². The summed E-state index contributed by atoms with van der Waals surface area (Å²) < 4.78 is 0. The molecule has 2 heteroatoms. The average Bonchev–Trinajstić information content (AvgIpc) is 2.92. The fourth-order valence-corrected chi connectivity index (χ4v) is 4.56. The van der Waals surface area contributed by atoms with E-state index in [4.69, 9.17) is 0 Å². The second-order valence-electron chi connectivity index (χ2n) is 5.78. The molecule has 2 aromatic carbocycles. The number of fused-ring (bicyclic) bond motifs is 1. The topological polar surface area (TPSA) is 12.0 Å². The van der Waals surface area contributed by atoms with Crippen LogP contribution in [0.3, 0.4) is 0 Å². The summed E-state index contributed by atoms with van der Waals surface area (Å²) >= 11 is 1.99. The van der Waals surface area contributed by atoms with Crippen LogP contribution in [-0.2, 0) is 0 Å². The van der Waals surface area contributed by atoms with Crippen molar-refractivity contribution < 1.29 is 0 Å². The fraction of sp³-hybridized carbons (Fsp3) is 0.368. The first-order chi connectivity index (χ1) is 10.2. The Kier molecular flexibility index (Phi) is 4.37. The smallest absolute Gasteiger partial charge is 0.0400 e. The Labute approximate surface area is 132 Å². The summed E-state index contributed by atoms with van der Waals surface area (Å²) in [7, 11) is 0. The molecule has 0 fully saturated rings. The summed E-state index contributed by atoms with van der Waals surface area (Å²) in [6.45, 7) is 7.66. The number of hydrogen-bond donors (Lipinski definition) is 1. The van der Waals surface area contributed by atoms with Gasteiger partial charge in [-0.15, -0.1) is 11.8 Å². The highest BCUT2D eigenvalue weighted by Gasteiger charge is 2.31. The zero-order valence-electron chi connectivity index (χ0n) is 13.0. The third-order valence-electron chi connectivity index (χ3n) is 4.54. The molecule has 0 saturated heterocycles. The van der Waals surface area contributed by atoms with Crippen molar-refractivity contribution in [1.82, 2.24) is 5.32 Å². The van der Waals surface area contributed by atoms with Gasteiger partial charge in [-0.2, -0.15) is 0 Å². The van der Waals surface area contributed by atoms with Gasteiger partial charge in [-0.3, -0.25) is 0 Å². The van der Waals surface area contributed by atoms with Gasteiger partial charge in [0, 0.05) is 22.6 Å². The van der Waals surface area contributed by atoms with E-state index in [2.05, 4.69) is 68.6 Å². The van der Waals surface area contributed by atoms with Crippen molar-refractivity contribution in [2.75, 3.05) is 12.3 Å². The van der Waals surface area contributed by atoms with Crippen molar-refractivity contribution in [3.8, 4) is 0 Å². The number of likely N-dealkylation sites (N-methyl/N-ethyl adjacent to an activating group) is 1. The maximum Gasteiger partial charge on any atom is 0.0400 e. The Hall–Kier alpha value is -1.25. The summed E-state index contributed by atoms with van der Waals surface area (Å²) in [6.07, 6.45) is 0. The third kappa shape index (κ3) is 2.75. The molecule has 0 aromatic heterocycles. The first-order valence-corrected chi connectivity index (χ1v) is 8.72. The normalized spacial score (nSPS) is 18.5. The van der Waals surface area contributed by atoms with Gasteiger partial charge < -0.3 is 5.32 Å². The lowest BCUT2D eigenvalue weighted by atomic mass is 9.85. The van der Waals surface area contributed by atoms with Crippen LogP contribution >= 0.6 is 11.8 Å². The van der Waals surface area contributed by atoms with E-state index in [1.165, 1.54) is 32.9 Å². The molecule has 0 saturated carbocycles. The number of hydrogen-bond acceptors (Lipinski definition) is 2. The molecule has 2 atom stereocenters. The molecule has 0 spiro atoms. The van der Waals surface area contributed by atoms with Crippen LogP contribution in [0.25, 0.3) is 0 Å². The van der Waals surface area contributed by atoms with Gasteiger partial charge in [0.25, 0.3) is 0 Å². The predicted molar refractivity (Wildman–Crippen MR) is 92.2 cm³/mol. The van der Waals surface area contributed by atoms with Gasteiger partial charge in [-0.1, -0.05) is 43.3 Å². The minimum absolute atomic E-state index is 0.408. The van der Waals surface area contributed by atoms with Crippen molar-refractivity contribution >= 4 is 11.8 Å². The number of rotatable bonds is 4. The largest absolute Gasteiger partial charge is 0.310 e. The van der Waals surface area contributed by atoms with E-state index in [0.29, 0.717) is 12.0 Å². The molecule has 2 aromatic rings. The van der Waals surface area contributed by atoms with Crippen molar-refractivity contribution in [2.45, 2.75) is 37.6 Å². The van der Waals surface area contributed by atoms with Gasteiger partial charge in [0.05, 0.1) is 0 Å². The second-order valence-corrected chi connectivity index (χ2v) is 6.84. The van der Waals surface area contributed by atoms with Gasteiger partial charge in [0.15, 0.2) is 0 Å². The quantitative estimate of drug-likeness (QED) is 0.866. The van der Waals surface area contributed by atoms with Crippen molar-refractivity contribution in [3.05, 3.63) is 64.7 Å². The number of benzene rings is 2. The van der Waals surface area contributed by atoms with E-state index < -0.39 is 0 Å². The van der Waals surface area contributed by atoms with E-state index in [-0.39, 0.29) is 0 Å². The zero-order valence-corrected chi connectivity index (χ0v) is 13.8. The number of aryl methyl sites for hydroxylation is 1. The van der Waals surface area contributed by atoms with Crippen molar-refractivity contribution in [3.63, 3.8) is 0 Å². The number of nitrogens with one attached hydrogen (secondary N) is 1. The highest BCUT2D eigenvalue weighted by molar-refractivity contribution is 7.99. The monoisotopic (exact) mass is 297 g/mol. The first kappa shape index (κ1) is 14.7. The average molecular weight is 297 g/mol. The Bertz CT molecular complexity index is 635. The molecule has 1 aliphatic heterocycles. The molecule has 0 bridgehead atoms. The van der Waals surface area contributed by atoms with Crippen LogP contribution in [0, 0.1) is 13.8 Å². The van der Waals surface area contributed by atoms with Crippen LogP contribution in [0.15, 0.2) is 47.4 Å². The molecule has 3 rings (SSSR count). The molecule has 1 N–H and O–H groups in total. The fourth-order valence-electron chi connectivity index (χ4n) is 3.26. The van der Waals surface area contributed by atoms with E-state index in [1.807, 2.05) is 11.8 Å². The molecule has 21 heavy (non-hydrogen) atoms. The van der Waals surface area contributed by atoms with E-state index in [1.54, 1.807) is 0 Å². The van der Waals surface area contributed by atoms with Crippen LogP contribution in [0.2, 0.25) is 0 Å². The summed E-state index contributed by atoms with van der Waals surface area (Å²) in [5.74, 6) is 1.73. The minimum Gasteiger partial charge on any atom is -0.310 e. The van der Waals surface area contributed by atoms with Gasteiger partial charge in [-0.05, 0) is 48.7 Å². The molecule has 0 amide bonds. The van der Waals surface area contributed by atoms with E-state index in [0.717, 1.165) is 6.54 Å². The zero-order chi connectivity index (χ0) is 14.8. The van der Waals surface area contributed by atoms with Crippen molar-refractivity contribution in [1.29, 1.82) is 0 Å². The molecule has 0 radical (unpaired) electrons. The Balaban J connectivity index is 2.02. The lowest BCUT2D eigenvalue weighted by molar-refractivity contribution is 0.483. The maximum atomic E-state index is 3.74. The van der Waals surface area contributed by atoms with Crippen LogP contribution in [0.5, 0.6) is 0 Å². The molecule has 110 valence electrons. The van der Waals surface area contributed by atoms with Crippen LogP contribution < -0.4 is 5.32 Å². The third-order valence-corrected chi connectivity index (χ3v) is 5.75. The van der Waals surface area contributed by atoms with Gasteiger partial charge in [0.2, 0.25) is 0 Å². The highest BCUT2D eigenvalue weighted by atomic mass is 32.2. The maximum absolute atomic E-state index is 3.74.